The van der Waals surface area contributed by atoms with Crippen LogP contribution in [0.25, 0.3) is 0 Å². The van der Waals surface area contributed by atoms with Gasteiger partial charge < -0.3 is 10.6 Å². The first-order chi connectivity index (χ1) is 8.19. The molecule has 0 aromatic heterocycles. The highest BCUT2D eigenvalue weighted by atomic mass is 35.5. The fourth-order valence-corrected chi connectivity index (χ4v) is 2.21. The molecular formula is C11H15ClN2O3S. The van der Waals surface area contributed by atoms with Crippen LogP contribution < -0.4 is 5.73 Å². The van der Waals surface area contributed by atoms with Crippen LogP contribution >= 0.6 is 11.6 Å². The Morgan fingerprint density at radius 3 is 2.50 bits per heavy atom. The summed E-state index contributed by atoms with van der Waals surface area (Å²) in [6.07, 6.45) is 1.13. The molecule has 0 bridgehead atoms. The number of carbonyl (C=O) groups is 1. The quantitative estimate of drug-likeness (QED) is 0.840. The zero-order valence-electron chi connectivity index (χ0n) is 10.2. The molecule has 5 nitrogen and oxygen atoms in total. The van der Waals surface area contributed by atoms with Crippen molar-refractivity contribution in [3.05, 3.63) is 28.8 Å². The van der Waals surface area contributed by atoms with Gasteiger partial charge in [0.05, 0.1) is 5.75 Å². The number of anilines is 1. The summed E-state index contributed by atoms with van der Waals surface area (Å²) in [5, 5.41) is 0.370. The van der Waals surface area contributed by atoms with Gasteiger partial charge in [-0.2, -0.15) is 0 Å². The zero-order chi connectivity index (χ0) is 13.9. The zero-order valence-corrected chi connectivity index (χ0v) is 11.8. The molecule has 0 unspecified atom stereocenters. The summed E-state index contributed by atoms with van der Waals surface area (Å²) >= 11 is 5.80. The van der Waals surface area contributed by atoms with Crippen LogP contribution in [0.2, 0.25) is 5.02 Å². The van der Waals surface area contributed by atoms with E-state index in [4.69, 9.17) is 17.3 Å². The van der Waals surface area contributed by atoms with Gasteiger partial charge in [-0.15, -0.1) is 0 Å². The van der Waals surface area contributed by atoms with Crippen LogP contribution in [0, 0.1) is 0 Å². The summed E-state index contributed by atoms with van der Waals surface area (Å²) in [6, 6.07) is 4.54. The molecule has 0 saturated heterocycles. The molecule has 0 atom stereocenters. The van der Waals surface area contributed by atoms with Crippen LogP contribution in [0.1, 0.15) is 10.4 Å². The number of carbonyl (C=O) groups excluding carboxylic acids is 1. The number of halogens is 1. The fraction of sp³-hybridized carbons (Fsp3) is 0.364. The van der Waals surface area contributed by atoms with E-state index in [1.165, 1.54) is 30.1 Å². The second kappa shape index (κ2) is 5.58. The lowest BCUT2D eigenvalue weighted by molar-refractivity contribution is 0.0803. The van der Waals surface area contributed by atoms with Crippen LogP contribution in [0.3, 0.4) is 0 Å². The first-order valence-electron chi connectivity index (χ1n) is 5.18. The van der Waals surface area contributed by atoms with Crippen LogP contribution in [0.5, 0.6) is 0 Å². The van der Waals surface area contributed by atoms with E-state index < -0.39 is 9.84 Å². The lowest BCUT2D eigenvalue weighted by Gasteiger charge is -2.17. The van der Waals surface area contributed by atoms with Crippen LogP contribution in [-0.4, -0.2) is 44.8 Å². The first-order valence-corrected chi connectivity index (χ1v) is 7.62. The van der Waals surface area contributed by atoms with Crippen molar-refractivity contribution >= 4 is 33.0 Å². The van der Waals surface area contributed by atoms with Gasteiger partial charge in [0.25, 0.3) is 5.91 Å². The monoisotopic (exact) mass is 290 g/mol. The molecule has 1 amide bonds. The molecule has 0 radical (unpaired) electrons. The predicted molar refractivity (Wildman–Crippen MR) is 72.5 cm³/mol. The molecule has 0 spiro atoms. The molecule has 18 heavy (non-hydrogen) atoms. The second-order valence-electron chi connectivity index (χ2n) is 4.13. The van der Waals surface area contributed by atoms with Crippen molar-refractivity contribution in [2.75, 3.05) is 31.3 Å². The van der Waals surface area contributed by atoms with Crippen LogP contribution in [0.4, 0.5) is 5.69 Å². The molecule has 7 heteroatoms. The summed E-state index contributed by atoms with van der Waals surface area (Å²) in [4.78, 5) is 13.3. The number of nitrogen functional groups attached to an aromatic ring is 1. The smallest absolute Gasteiger partial charge is 0.253 e. The van der Waals surface area contributed by atoms with Crippen molar-refractivity contribution in [2.24, 2.45) is 0 Å². The molecule has 1 rings (SSSR count). The molecule has 0 aliphatic carbocycles. The SMILES string of the molecule is CN(CCS(C)(=O)=O)C(=O)c1cc(N)cc(Cl)c1. The fourth-order valence-electron chi connectivity index (χ4n) is 1.36. The Hall–Kier alpha value is -1.27. The van der Waals surface area contributed by atoms with Gasteiger partial charge >= 0.3 is 0 Å². The van der Waals surface area contributed by atoms with Gasteiger partial charge in [-0.25, -0.2) is 8.42 Å². The average Bonchev–Trinajstić information content (AvgIpc) is 2.22. The maximum atomic E-state index is 12.0. The van der Waals surface area contributed by atoms with Gasteiger partial charge in [0.15, 0.2) is 0 Å². The Labute approximate surface area is 111 Å². The van der Waals surface area contributed by atoms with E-state index in [1.54, 1.807) is 0 Å². The Bertz CT molecular complexity index is 537. The molecule has 2 N–H and O–H groups in total. The highest BCUT2D eigenvalue weighted by molar-refractivity contribution is 7.90. The average molecular weight is 291 g/mol. The molecule has 0 aliphatic rings. The van der Waals surface area contributed by atoms with Gasteiger partial charge in [0.1, 0.15) is 9.84 Å². The van der Waals surface area contributed by atoms with Crippen molar-refractivity contribution < 1.29 is 13.2 Å². The molecule has 1 aromatic carbocycles. The number of benzene rings is 1. The van der Waals surface area contributed by atoms with Crippen molar-refractivity contribution in [2.45, 2.75) is 0 Å². The van der Waals surface area contributed by atoms with Crippen LogP contribution in [-0.2, 0) is 9.84 Å². The third kappa shape index (κ3) is 4.54. The van der Waals surface area contributed by atoms with E-state index >= 15 is 0 Å². The van der Waals surface area contributed by atoms with E-state index in [0.717, 1.165) is 6.26 Å². The standard InChI is InChI=1S/C11H15ClN2O3S/c1-14(3-4-18(2,16)17)11(15)8-5-9(12)7-10(13)6-8/h5-7H,3-4,13H2,1-2H3. The lowest BCUT2D eigenvalue weighted by atomic mass is 10.2. The van der Waals surface area contributed by atoms with Crippen molar-refractivity contribution in [1.82, 2.24) is 4.90 Å². The molecule has 100 valence electrons. The number of amides is 1. The summed E-state index contributed by atoms with van der Waals surface area (Å²) in [7, 11) is -1.56. The predicted octanol–water partition coefficient (Wildman–Crippen LogP) is 1.04. The number of nitrogens with two attached hydrogens (primary N) is 1. The third-order valence-electron chi connectivity index (χ3n) is 2.31. The van der Waals surface area contributed by atoms with E-state index in [0.29, 0.717) is 16.3 Å². The minimum atomic E-state index is -3.10. The van der Waals surface area contributed by atoms with Gasteiger partial charge in [-0.05, 0) is 18.2 Å². The Morgan fingerprint density at radius 2 is 2.00 bits per heavy atom. The van der Waals surface area contributed by atoms with Gasteiger partial charge in [-0.1, -0.05) is 11.6 Å². The maximum Gasteiger partial charge on any atom is 0.253 e. The Balaban J connectivity index is 2.80. The number of nitrogens with zero attached hydrogens (tertiary/aromatic N) is 1. The number of hydrogen-bond acceptors (Lipinski definition) is 4. The lowest BCUT2D eigenvalue weighted by Crippen LogP contribution is -2.31. The minimum Gasteiger partial charge on any atom is -0.399 e. The normalized spacial score (nSPS) is 11.3. The molecule has 0 heterocycles. The van der Waals surface area contributed by atoms with E-state index in [-0.39, 0.29) is 18.2 Å². The van der Waals surface area contributed by atoms with E-state index in [2.05, 4.69) is 0 Å². The maximum absolute atomic E-state index is 12.0. The molecule has 0 saturated carbocycles. The highest BCUT2D eigenvalue weighted by Crippen LogP contribution is 2.17. The van der Waals surface area contributed by atoms with Crippen LogP contribution in [0.15, 0.2) is 18.2 Å². The van der Waals surface area contributed by atoms with Crippen molar-refractivity contribution in [3.63, 3.8) is 0 Å². The van der Waals surface area contributed by atoms with E-state index in [9.17, 15) is 13.2 Å². The van der Waals surface area contributed by atoms with Gasteiger partial charge in [-0.3, -0.25) is 4.79 Å². The number of rotatable bonds is 4. The summed E-state index contributed by atoms with van der Waals surface area (Å²) in [5.41, 5.74) is 6.32. The molecule has 0 fully saturated rings. The molecule has 0 aliphatic heterocycles. The van der Waals surface area contributed by atoms with E-state index in [1.807, 2.05) is 0 Å². The topological polar surface area (TPSA) is 80.5 Å². The third-order valence-corrected chi connectivity index (χ3v) is 3.45. The summed E-state index contributed by atoms with van der Waals surface area (Å²) in [5.74, 6) is -0.390. The minimum absolute atomic E-state index is 0.0781. The summed E-state index contributed by atoms with van der Waals surface area (Å²) < 4.78 is 22.0. The van der Waals surface area contributed by atoms with Gasteiger partial charge in [0.2, 0.25) is 0 Å². The summed E-state index contributed by atoms with van der Waals surface area (Å²) in [6.45, 7) is 0.129. The molecular weight excluding hydrogens is 276 g/mol. The van der Waals surface area contributed by atoms with Crippen molar-refractivity contribution in [3.8, 4) is 0 Å². The largest absolute Gasteiger partial charge is 0.399 e. The second-order valence-corrected chi connectivity index (χ2v) is 6.83. The van der Waals surface area contributed by atoms with Gasteiger partial charge in [0, 0.05) is 36.1 Å². The molecule has 1 aromatic rings. The number of sulfone groups is 1. The first kappa shape index (κ1) is 14.8. The Morgan fingerprint density at radius 1 is 1.39 bits per heavy atom. The number of hydrogen-bond donors (Lipinski definition) is 1. The van der Waals surface area contributed by atoms with Crippen molar-refractivity contribution in [1.29, 1.82) is 0 Å². The Kier molecular flexibility index (Phi) is 4.59. The highest BCUT2D eigenvalue weighted by Gasteiger charge is 2.14.